The van der Waals surface area contributed by atoms with Crippen molar-refractivity contribution in [3.05, 3.63) is 64.7 Å². The standard InChI is InChI=1S/C21H20ClN5O2/c1-23-21(16-5-6-17(22)18(12-16)29-2)7-10-26(11-8-21)19(28)14-27-20-15(13-25-27)4-3-9-24-20/h3-6,9,12-13H,7-8,10-11,14H2,2H3. The number of fused-ring (bicyclic) bond motifs is 1. The summed E-state index contributed by atoms with van der Waals surface area (Å²) in [6.45, 7) is 8.98. The minimum atomic E-state index is -0.672. The van der Waals surface area contributed by atoms with Gasteiger partial charge in [-0.1, -0.05) is 11.6 Å². The molecule has 1 aliphatic heterocycles. The highest BCUT2D eigenvalue weighted by molar-refractivity contribution is 6.32. The van der Waals surface area contributed by atoms with Crippen LogP contribution in [-0.4, -0.2) is 45.8 Å². The number of benzene rings is 1. The third-order valence-electron chi connectivity index (χ3n) is 5.53. The molecule has 3 heterocycles. The van der Waals surface area contributed by atoms with Gasteiger partial charge in [-0.05, 0) is 30.3 Å². The van der Waals surface area contributed by atoms with Gasteiger partial charge in [0.15, 0.2) is 5.65 Å². The fourth-order valence-electron chi connectivity index (χ4n) is 3.80. The highest BCUT2D eigenvalue weighted by Crippen LogP contribution is 2.40. The summed E-state index contributed by atoms with van der Waals surface area (Å²) < 4.78 is 6.93. The van der Waals surface area contributed by atoms with Gasteiger partial charge in [0.2, 0.25) is 5.91 Å². The molecule has 0 atom stereocenters. The number of hydrogen-bond donors (Lipinski definition) is 0. The molecule has 1 aliphatic rings. The van der Waals surface area contributed by atoms with Gasteiger partial charge >= 0.3 is 0 Å². The summed E-state index contributed by atoms with van der Waals surface area (Å²) in [7, 11) is 1.56. The number of aromatic nitrogens is 3. The van der Waals surface area contributed by atoms with E-state index in [1.165, 1.54) is 0 Å². The summed E-state index contributed by atoms with van der Waals surface area (Å²) in [5, 5.41) is 5.70. The maximum Gasteiger partial charge on any atom is 0.261 e. The molecule has 1 amide bonds. The Labute approximate surface area is 173 Å². The summed E-state index contributed by atoms with van der Waals surface area (Å²) in [5.74, 6) is 0.539. The van der Waals surface area contributed by atoms with Crippen molar-refractivity contribution in [3.8, 4) is 5.75 Å². The summed E-state index contributed by atoms with van der Waals surface area (Å²) in [6.07, 6.45) is 4.52. The largest absolute Gasteiger partial charge is 0.495 e. The van der Waals surface area contributed by atoms with E-state index < -0.39 is 5.54 Å². The minimum absolute atomic E-state index is 0.0204. The Hall–Kier alpha value is -3.11. The number of rotatable bonds is 4. The van der Waals surface area contributed by atoms with Gasteiger partial charge in [0, 0.05) is 43.1 Å². The Morgan fingerprint density at radius 1 is 1.34 bits per heavy atom. The van der Waals surface area contributed by atoms with Crippen LogP contribution in [0.1, 0.15) is 18.4 Å². The molecule has 8 heteroatoms. The number of amides is 1. The zero-order valence-electron chi connectivity index (χ0n) is 16.0. The Kier molecular flexibility index (Phi) is 5.12. The molecule has 0 N–H and O–H groups in total. The van der Waals surface area contributed by atoms with Gasteiger partial charge in [0.1, 0.15) is 12.3 Å². The molecule has 0 saturated carbocycles. The number of methoxy groups -OCH3 is 1. The third kappa shape index (κ3) is 3.52. The number of likely N-dealkylation sites (tertiary alicyclic amines) is 1. The lowest BCUT2D eigenvalue weighted by Gasteiger charge is -2.34. The van der Waals surface area contributed by atoms with E-state index in [-0.39, 0.29) is 12.5 Å². The van der Waals surface area contributed by atoms with Crippen molar-refractivity contribution >= 4 is 28.5 Å². The average Bonchev–Trinajstić information content (AvgIpc) is 3.17. The summed E-state index contributed by atoms with van der Waals surface area (Å²) in [4.78, 5) is 22.9. The minimum Gasteiger partial charge on any atom is -0.495 e. The zero-order valence-corrected chi connectivity index (χ0v) is 16.8. The smallest absolute Gasteiger partial charge is 0.261 e. The second kappa shape index (κ2) is 7.72. The lowest BCUT2D eigenvalue weighted by Crippen LogP contribution is -2.45. The molecule has 7 nitrogen and oxygen atoms in total. The number of nitrogens with zero attached hydrogens (tertiary/aromatic N) is 5. The van der Waals surface area contributed by atoms with E-state index in [1.807, 2.05) is 24.3 Å². The van der Waals surface area contributed by atoms with E-state index in [0.29, 0.717) is 42.4 Å². The third-order valence-corrected chi connectivity index (χ3v) is 5.84. The average molecular weight is 410 g/mol. The van der Waals surface area contributed by atoms with Crippen LogP contribution in [0.4, 0.5) is 0 Å². The van der Waals surface area contributed by atoms with Crippen LogP contribution in [0.3, 0.4) is 0 Å². The van der Waals surface area contributed by atoms with Crippen molar-refractivity contribution in [1.29, 1.82) is 0 Å². The van der Waals surface area contributed by atoms with Gasteiger partial charge in [-0.3, -0.25) is 4.79 Å². The fraction of sp³-hybridized carbons (Fsp3) is 0.333. The topological polar surface area (TPSA) is 64.6 Å². The van der Waals surface area contributed by atoms with E-state index in [1.54, 1.807) is 35.2 Å². The lowest BCUT2D eigenvalue weighted by atomic mass is 9.81. The van der Waals surface area contributed by atoms with Crippen LogP contribution in [0.2, 0.25) is 5.02 Å². The molecule has 0 unspecified atom stereocenters. The van der Waals surface area contributed by atoms with E-state index in [0.717, 1.165) is 10.9 Å². The van der Waals surface area contributed by atoms with E-state index >= 15 is 0 Å². The van der Waals surface area contributed by atoms with Crippen molar-refractivity contribution in [3.63, 3.8) is 0 Å². The number of pyridine rings is 1. The van der Waals surface area contributed by atoms with Crippen molar-refractivity contribution in [2.45, 2.75) is 24.9 Å². The van der Waals surface area contributed by atoms with E-state index in [4.69, 9.17) is 22.9 Å². The zero-order chi connectivity index (χ0) is 20.4. The van der Waals surface area contributed by atoms with Gasteiger partial charge in [-0.15, -0.1) is 0 Å². The normalized spacial score (nSPS) is 15.8. The maximum atomic E-state index is 12.8. The molecule has 0 aliphatic carbocycles. The Balaban J connectivity index is 1.48. The quantitative estimate of drug-likeness (QED) is 0.618. The second-order valence-electron chi connectivity index (χ2n) is 7.09. The van der Waals surface area contributed by atoms with Gasteiger partial charge in [-0.2, -0.15) is 5.10 Å². The monoisotopic (exact) mass is 409 g/mol. The van der Waals surface area contributed by atoms with Crippen LogP contribution in [0.5, 0.6) is 5.75 Å². The number of piperidine rings is 1. The maximum absolute atomic E-state index is 12.8. The molecule has 0 bridgehead atoms. The summed E-state index contributed by atoms with van der Waals surface area (Å²) in [5.41, 5.74) is 0.902. The van der Waals surface area contributed by atoms with Crippen molar-refractivity contribution in [1.82, 2.24) is 19.7 Å². The molecule has 1 fully saturated rings. The number of halogens is 1. The fourth-order valence-corrected chi connectivity index (χ4v) is 3.99. The highest BCUT2D eigenvalue weighted by atomic mass is 35.5. The predicted octanol–water partition coefficient (Wildman–Crippen LogP) is 3.53. The number of hydrogen-bond acceptors (Lipinski definition) is 4. The lowest BCUT2D eigenvalue weighted by molar-refractivity contribution is -0.133. The number of carbonyl (C=O) groups excluding carboxylic acids is 1. The first-order valence-corrected chi connectivity index (χ1v) is 9.71. The van der Waals surface area contributed by atoms with Crippen molar-refractivity contribution in [2.24, 2.45) is 0 Å². The van der Waals surface area contributed by atoms with E-state index in [9.17, 15) is 4.79 Å². The molecule has 2 aromatic heterocycles. The van der Waals surface area contributed by atoms with Crippen LogP contribution < -0.4 is 4.74 Å². The Morgan fingerprint density at radius 3 is 2.86 bits per heavy atom. The van der Waals surface area contributed by atoms with Gasteiger partial charge in [0.25, 0.3) is 5.54 Å². The summed E-state index contributed by atoms with van der Waals surface area (Å²) in [6, 6.07) is 9.23. The molecule has 4 rings (SSSR count). The second-order valence-corrected chi connectivity index (χ2v) is 7.50. The molecule has 1 aromatic carbocycles. The van der Waals surface area contributed by atoms with Crippen LogP contribution in [-0.2, 0) is 16.9 Å². The molecular formula is C21H20ClN5O2. The van der Waals surface area contributed by atoms with Gasteiger partial charge in [0.05, 0.1) is 18.3 Å². The predicted molar refractivity (Wildman–Crippen MR) is 110 cm³/mol. The van der Waals surface area contributed by atoms with Crippen molar-refractivity contribution < 1.29 is 9.53 Å². The van der Waals surface area contributed by atoms with E-state index in [2.05, 4.69) is 14.9 Å². The molecule has 0 spiro atoms. The van der Waals surface area contributed by atoms with Crippen LogP contribution in [0.15, 0.2) is 42.7 Å². The van der Waals surface area contributed by atoms with Gasteiger partial charge < -0.3 is 14.5 Å². The van der Waals surface area contributed by atoms with Crippen LogP contribution >= 0.6 is 11.6 Å². The van der Waals surface area contributed by atoms with Crippen molar-refractivity contribution in [2.75, 3.05) is 20.2 Å². The first-order chi connectivity index (χ1) is 14.1. The SMILES string of the molecule is [C-]#[N+]C1(c2ccc(Cl)c(OC)c2)CCN(C(=O)Cn2ncc3cccnc32)CC1. The highest BCUT2D eigenvalue weighted by Gasteiger charge is 2.43. The Morgan fingerprint density at radius 2 is 2.14 bits per heavy atom. The number of ether oxygens (including phenoxy) is 1. The van der Waals surface area contributed by atoms with Crippen LogP contribution in [0.25, 0.3) is 15.9 Å². The molecule has 1 saturated heterocycles. The first-order valence-electron chi connectivity index (χ1n) is 9.33. The van der Waals surface area contributed by atoms with Crippen LogP contribution in [0, 0.1) is 6.57 Å². The Bertz CT molecular complexity index is 1100. The molecule has 0 radical (unpaired) electrons. The first kappa shape index (κ1) is 19.2. The molecule has 148 valence electrons. The molecular weight excluding hydrogens is 390 g/mol. The molecule has 29 heavy (non-hydrogen) atoms. The summed E-state index contributed by atoms with van der Waals surface area (Å²) >= 11 is 6.13. The van der Waals surface area contributed by atoms with Gasteiger partial charge in [-0.25, -0.2) is 16.2 Å². The molecule has 3 aromatic rings. The number of carbonyl (C=O) groups is 1.